The molecule has 0 bridgehead atoms. The van der Waals surface area contributed by atoms with E-state index in [2.05, 4.69) is 36.4 Å². The van der Waals surface area contributed by atoms with Crippen molar-refractivity contribution in [3.8, 4) is 22.8 Å². The molecule has 7 nitrogen and oxygen atoms in total. The second kappa shape index (κ2) is 9.15. The van der Waals surface area contributed by atoms with E-state index >= 15 is 0 Å². The first-order valence-corrected chi connectivity index (χ1v) is 11.8. The van der Waals surface area contributed by atoms with Gasteiger partial charge in [-0.3, -0.25) is 9.36 Å². The Kier molecular flexibility index (Phi) is 6.35. The van der Waals surface area contributed by atoms with Gasteiger partial charge in [0.2, 0.25) is 11.7 Å². The summed E-state index contributed by atoms with van der Waals surface area (Å²) in [4.78, 5) is 16.9. The molecular formula is C20H18BrN5O2S2. The molecule has 30 heavy (non-hydrogen) atoms. The SMILES string of the molecule is CC(C)n1c(SCC(=O)Nc2nc(-c3ccccc3)cs2)nnc1-c1ccc(Br)o1. The number of amides is 1. The van der Waals surface area contributed by atoms with Crippen molar-refractivity contribution in [2.75, 3.05) is 11.1 Å². The van der Waals surface area contributed by atoms with E-state index in [1.807, 2.05) is 66.3 Å². The van der Waals surface area contributed by atoms with Crippen LogP contribution < -0.4 is 5.32 Å². The van der Waals surface area contributed by atoms with Crippen molar-refractivity contribution in [1.82, 2.24) is 19.7 Å². The van der Waals surface area contributed by atoms with Crippen molar-refractivity contribution in [1.29, 1.82) is 0 Å². The van der Waals surface area contributed by atoms with E-state index in [0.717, 1.165) is 11.3 Å². The molecule has 0 saturated carbocycles. The number of nitrogens with zero attached hydrogens (tertiary/aromatic N) is 4. The third-order valence-electron chi connectivity index (χ3n) is 4.13. The van der Waals surface area contributed by atoms with Crippen LogP contribution in [-0.2, 0) is 4.79 Å². The molecule has 0 unspecified atom stereocenters. The van der Waals surface area contributed by atoms with Crippen molar-refractivity contribution in [2.24, 2.45) is 0 Å². The zero-order valence-corrected chi connectivity index (χ0v) is 19.4. The zero-order chi connectivity index (χ0) is 21.1. The monoisotopic (exact) mass is 503 g/mol. The Morgan fingerprint density at radius 1 is 1.23 bits per heavy atom. The van der Waals surface area contributed by atoms with Gasteiger partial charge in [0.25, 0.3) is 0 Å². The number of carbonyl (C=O) groups is 1. The van der Waals surface area contributed by atoms with Crippen LogP contribution in [0.25, 0.3) is 22.8 Å². The Morgan fingerprint density at radius 3 is 2.73 bits per heavy atom. The highest BCUT2D eigenvalue weighted by molar-refractivity contribution is 9.10. The molecule has 0 aliphatic carbocycles. The molecule has 4 aromatic rings. The Hall–Kier alpha value is -2.43. The molecule has 0 aliphatic heterocycles. The maximum atomic E-state index is 12.4. The highest BCUT2D eigenvalue weighted by Crippen LogP contribution is 2.30. The molecule has 3 aromatic heterocycles. The van der Waals surface area contributed by atoms with Crippen molar-refractivity contribution in [3.63, 3.8) is 0 Å². The van der Waals surface area contributed by atoms with Gasteiger partial charge in [-0.1, -0.05) is 42.1 Å². The molecule has 1 amide bonds. The van der Waals surface area contributed by atoms with Crippen LogP contribution in [0.4, 0.5) is 5.13 Å². The summed E-state index contributed by atoms with van der Waals surface area (Å²) in [6.45, 7) is 4.07. The second-order valence-electron chi connectivity index (χ2n) is 6.61. The van der Waals surface area contributed by atoms with Crippen LogP contribution in [0.2, 0.25) is 0 Å². The first kappa shape index (κ1) is 20.8. The number of carbonyl (C=O) groups excluding carboxylic acids is 1. The lowest BCUT2D eigenvalue weighted by molar-refractivity contribution is -0.113. The number of hydrogen-bond donors (Lipinski definition) is 1. The van der Waals surface area contributed by atoms with Crippen molar-refractivity contribution in [3.05, 3.63) is 52.5 Å². The topological polar surface area (TPSA) is 85.8 Å². The molecule has 1 N–H and O–H groups in total. The lowest BCUT2D eigenvalue weighted by Crippen LogP contribution is -2.15. The number of rotatable bonds is 7. The molecule has 0 saturated heterocycles. The minimum absolute atomic E-state index is 0.108. The van der Waals surface area contributed by atoms with Crippen LogP contribution in [0.5, 0.6) is 0 Å². The molecule has 0 aliphatic rings. The number of benzene rings is 1. The van der Waals surface area contributed by atoms with Gasteiger partial charge in [0.1, 0.15) is 0 Å². The van der Waals surface area contributed by atoms with Crippen LogP contribution in [-0.4, -0.2) is 31.4 Å². The van der Waals surface area contributed by atoms with E-state index in [1.165, 1.54) is 23.1 Å². The van der Waals surface area contributed by atoms with Gasteiger partial charge in [-0.05, 0) is 41.9 Å². The largest absolute Gasteiger partial charge is 0.446 e. The van der Waals surface area contributed by atoms with E-state index < -0.39 is 0 Å². The van der Waals surface area contributed by atoms with Gasteiger partial charge in [0.15, 0.2) is 20.7 Å². The van der Waals surface area contributed by atoms with Crippen LogP contribution in [0.15, 0.2) is 62.1 Å². The smallest absolute Gasteiger partial charge is 0.236 e. The first-order chi connectivity index (χ1) is 14.5. The number of nitrogens with one attached hydrogen (secondary N) is 1. The van der Waals surface area contributed by atoms with Crippen LogP contribution >= 0.6 is 39.0 Å². The zero-order valence-electron chi connectivity index (χ0n) is 16.2. The number of furan rings is 1. The van der Waals surface area contributed by atoms with Gasteiger partial charge in [-0.15, -0.1) is 21.5 Å². The van der Waals surface area contributed by atoms with Crippen LogP contribution in [0, 0.1) is 0 Å². The summed E-state index contributed by atoms with van der Waals surface area (Å²) in [7, 11) is 0. The fraction of sp³-hybridized carbons (Fsp3) is 0.200. The third kappa shape index (κ3) is 4.66. The fourth-order valence-corrected chi connectivity index (χ4v) is 4.71. The Morgan fingerprint density at radius 2 is 2.03 bits per heavy atom. The van der Waals surface area contributed by atoms with E-state index in [9.17, 15) is 4.79 Å². The molecule has 0 radical (unpaired) electrons. The molecule has 10 heteroatoms. The minimum atomic E-state index is -0.144. The number of thiazole rings is 1. The lowest BCUT2D eigenvalue weighted by Gasteiger charge is -2.12. The number of halogens is 1. The lowest BCUT2D eigenvalue weighted by atomic mass is 10.2. The Bertz CT molecular complexity index is 1150. The number of aromatic nitrogens is 4. The number of thioether (sulfide) groups is 1. The molecule has 0 atom stereocenters. The molecule has 4 rings (SSSR count). The van der Waals surface area contributed by atoms with E-state index in [1.54, 1.807) is 0 Å². The van der Waals surface area contributed by atoms with E-state index in [0.29, 0.717) is 26.5 Å². The Balaban J connectivity index is 1.42. The fourth-order valence-electron chi connectivity index (χ4n) is 2.80. The quantitative estimate of drug-likeness (QED) is 0.323. The minimum Gasteiger partial charge on any atom is -0.446 e. The van der Waals surface area contributed by atoms with Gasteiger partial charge in [-0.2, -0.15) is 0 Å². The van der Waals surface area contributed by atoms with E-state index in [-0.39, 0.29) is 17.7 Å². The Labute approximate surface area is 190 Å². The molecule has 0 spiro atoms. The normalized spacial score (nSPS) is 11.2. The standard InChI is InChI=1S/C20H18BrN5O2S2/c1-12(2)26-18(15-8-9-16(21)28-15)24-25-20(26)30-11-17(27)23-19-22-14(10-29-19)13-6-4-3-5-7-13/h3-10,12H,11H2,1-2H3,(H,22,23,27). The summed E-state index contributed by atoms with van der Waals surface area (Å²) in [5.41, 5.74) is 1.86. The van der Waals surface area contributed by atoms with Crippen molar-refractivity contribution in [2.45, 2.75) is 25.0 Å². The highest BCUT2D eigenvalue weighted by Gasteiger charge is 2.20. The predicted octanol–water partition coefficient (Wildman–Crippen LogP) is 5.74. The summed E-state index contributed by atoms with van der Waals surface area (Å²) >= 11 is 6.04. The predicted molar refractivity (Wildman–Crippen MR) is 123 cm³/mol. The van der Waals surface area contributed by atoms with Gasteiger partial charge in [-0.25, -0.2) is 4.98 Å². The molecule has 1 aromatic carbocycles. The van der Waals surface area contributed by atoms with Crippen molar-refractivity contribution < 1.29 is 9.21 Å². The summed E-state index contributed by atoms with van der Waals surface area (Å²) < 4.78 is 8.20. The molecule has 154 valence electrons. The molecule has 0 fully saturated rings. The number of anilines is 1. The van der Waals surface area contributed by atoms with Gasteiger partial charge < -0.3 is 9.73 Å². The molecule has 3 heterocycles. The summed E-state index contributed by atoms with van der Waals surface area (Å²) in [5.74, 6) is 1.31. The second-order valence-corrected chi connectivity index (χ2v) is 9.20. The highest BCUT2D eigenvalue weighted by atomic mass is 79.9. The average Bonchev–Trinajstić information content (AvgIpc) is 3.46. The summed E-state index contributed by atoms with van der Waals surface area (Å²) in [5, 5.41) is 14.5. The third-order valence-corrected chi connectivity index (χ3v) is 6.25. The molecular weight excluding hydrogens is 486 g/mol. The van der Waals surface area contributed by atoms with Crippen LogP contribution in [0.3, 0.4) is 0 Å². The van der Waals surface area contributed by atoms with Gasteiger partial charge in [0, 0.05) is 17.0 Å². The van der Waals surface area contributed by atoms with Gasteiger partial charge >= 0.3 is 0 Å². The summed E-state index contributed by atoms with van der Waals surface area (Å²) in [6.07, 6.45) is 0. The maximum absolute atomic E-state index is 12.4. The first-order valence-electron chi connectivity index (χ1n) is 9.15. The van der Waals surface area contributed by atoms with E-state index in [4.69, 9.17) is 4.42 Å². The van der Waals surface area contributed by atoms with Gasteiger partial charge in [0.05, 0.1) is 11.4 Å². The van der Waals surface area contributed by atoms with Crippen LogP contribution in [0.1, 0.15) is 19.9 Å². The summed E-state index contributed by atoms with van der Waals surface area (Å²) in [6, 6.07) is 13.6. The van der Waals surface area contributed by atoms with Crippen molar-refractivity contribution >= 4 is 50.1 Å². The average molecular weight is 504 g/mol. The number of hydrogen-bond acceptors (Lipinski definition) is 7. The maximum Gasteiger partial charge on any atom is 0.236 e.